The summed E-state index contributed by atoms with van der Waals surface area (Å²) < 4.78 is 4.78. The summed E-state index contributed by atoms with van der Waals surface area (Å²) in [5.41, 5.74) is 5.35. The highest BCUT2D eigenvalue weighted by Gasteiger charge is 2.21. The Labute approximate surface area is 91.2 Å². The van der Waals surface area contributed by atoms with Crippen LogP contribution in [0.25, 0.3) is 0 Å². The summed E-state index contributed by atoms with van der Waals surface area (Å²) >= 11 is 0. The van der Waals surface area contributed by atoms with Crippen molar-refractivity contribution < 1.29 is 19.9 Å². The van der Waals surface area contributed by atoms with Crippen molar-refractivity contribution in [3.05, 3.63) is 27.8 Å². The SMILES string of the molecule is COc1cc([C@H](N)CO)cc([N+](=O)[O-])c1O. The number of hydrogen-bond acceptors (Lipinski definition) is 6. The van der Waals surface area contributed by atoms with Crippen molar-refractivity contribution in [2.45, 2.75) is 6.04 Å². The number of rotatable bonds is 4. The molecule has 0 bridgehead atoms. The fourth-order valence-electron chi connectivity index (χ4n) is 1.23. The fourth-order valence-corrected chi connectivity index (χ4v) is 1.23. The van der Waals surface area contributed by atoms with Gasteiger partial charge in [-0.2, -0.15) is 0 Å². The lowest BCUT2D eigenvalue weighted by Gasteiger charge is -2.11. The maximum absolute atomic E-state index is 10.6. The Morgan fingerprint density at radius 3 is 2.69 bits per heavy atom. The average molecular weight is 228 g/mol. The summed E-state index contributed by atoms with van der Waals surface area (Å²) in [6, 6.07) is 1.70. The van der Waals surface area contributed by atoms with Gasteiger partial charge in [-0.1, -0.05) is 0 Å². The van der Waals surface area contributed by atoms with E-state index in [1.807, 2.05) is 0 Å². The molecule has 0 radical (unpaired) electrons. The monoisotopic (exact) mass is 228 g/mol. The first kappa shape index (κ1) is 12.2. The van der Waals surface area contributed by atoms with Crippen LogP contribution in [0.2, 0.25) is 0 Å². The van der Waals surface area contributed by atoms with Crippen LogP contribution in [0.3, 0.4) is 0 Å². The molecule has 0 heterocycles. The van der Waals surface area contributed by atoms with Crippen LogP contribution in [0.4, 0.5) is 5.69 Å². The van der Waals surface area contributed by atoms with Gasteiger partial charge in [-0.25, -0.2) is 0 Å². The molecule has 0 aliphatic rings. The molecule has 7 heteroatoms. The van der Waals surface area contributed by atoms with Gasteiger partial charge in [0.1, 0.15) is 0 Å². The number of aliphatic hydroxyl groups is 1. The number of nitrogens with two attached hydrogens (primary N) is 1. The number of nitro benzene ring substituents is 1. The average Bonchev–Trinajstić information content (AvgIpc) is 2.27. The van der Waals surface area contributed by atoms with Gasteiger partial charge in [0, 0.05) is 6.07 Å². The van der Waals surface area contributed by atoms with Gasteiger partial charge in [0.05, 0.1) is 24.7 Å². The van der Waals surface area contributed by atoms with E-state index in [2.05, 4.69) is 0 Å². The minimum atomic E-state index is -0.756. The van der Waals surface area contributed by atoms with Gasteiger partial charge in [-0.05, 0) is 11.6 Å². The number of phenolic OH excluding ortho intramolecular Hbond substituents is 1. The molecular formula is C9H12N2O5. The van der Waals surface area contributed by atoms with Crippen LogP contribution in [0.5, 0.6) is 11.5 Å². The van der Waals surface area contributed by atoms with Gasteiger partial charge >= 0.3 is 5.69 Å². The third-order valence-electron chi connectivity index (χ3n) is 2.12. The highest BCUT2D eigenvalue weighted by Crippen LogP contribution is 2.37. The van der Waals surface area contributed by atoms with E-state index in [9.17, 15) is 15.2 Å². The molecule has 0 aliphatic carbocycles. The zero-order valence-electron chi connectivity index (χ0n) is 8.58. The number of aromatic hydroxyl groups is 1. The lowest BCUT2D eigenvalue weighted by Crippen LogP contribution is -2.14. The third kappa shape index (κ3) is 2.20. The van der Waals surface area contributed by atoms with E-state index in [-0.39, 0.29) is 12.4 Å². The molecule has 0 aliphatic heterocycles. The molecule has 0 spiro atoms. The number of hydrogen-bond donors (Lipinski definition) is 3. The van der Waals surface area contributed by atoms with Gasteiger partial charge in [0.15, 0.2) is 5.75 Å². The van der Waals surface area contributed by atoms with Crippen LogP contribution in [0.15, 0.2) is 12.1 Å². The molecule has 0 amide bonds. The highest BCUT2D eigenvalue weighted by molar-refractivity contribution is 5.57. The first-order chi connectivity index (χ1) is 7.51. The molecule has 1 atom stereocenters. The Morgan fingerprint density at radius 2 is 2.25 bits per heavy atom. The summed E-state index contributed by atoms with van der Waals surface area (Å²) in [7, 11) is 1.27. The lowest BCUT2D eigenvalue weighted by molar-refractivity contribution is -0.386. The van der Waals surface area contributed by atoms with E-state index < -0.39 is 22.4 Å². The number of benzene rings is 1. The first-order valence-electron chi connectivity index (χ1n) is 4.43. The number of aliphatic hydroxyl groups excluding tert-OH is 1. The van der Waals surface area contributed by atoms with Crippen LogP contribution < -0.4 is 10.5 Å². The Kier molecular flexibility index (Phi) is 3.64. The van der Waals surface area contributed by atoms with Crippen LogP contribution in [-0.2, 0) is 0 Å². The number of methoxy groups -OCH3 is 1. The standard InChI is InChI=1S/C9H12N2O5/c1-16-8-3-5(6(10)4-12)2-7(9(8)13)11(14)15/h2-3,6,12-13H,4,10H2,1H3/t6-/m1/s1. The summed E-state index contributed by atoms with van der Waals surface area (Å²) in [5, 5.41) is 29.0. The maximum atomic E-state index is 10.6. The number of ether oxygens (including phenoxy) is 1. The van der Waals surface area contributed by atoms with Crippen molar-refractivity contribution >= 4 is 5.69 Å². The van der Waals surface area contributed by atoms with Crippen LogP contribution in [0.1, 0.15) is 11.6 Å². The minimum absolute atomic E-state index is 0.0481. The molecule has 88 valence electrons. The van der Waals surface area contributed by atoms with Gasteiger partial charge < -0.3 is 20.7 Å². The van der Waals surface area contributed by atoms with Crippen LogP contribution in [-0.4, -0.2) is 28.9 Å². The lowest BCUT2D eigenvalue weighted by atomic mass is 10.1. The normalized spacial score (nSPS) is 12.2. The molecule has 0 saturated carbocycles. The summed E-state index contributed by atoms with van der Waals surface area (Å²) in [5.74, 6) is -0.602. The van der Waals surface area contributed by atoms with Crippen molar-refractivity contribution in [3.8, 4) is 11.5 Å². The molecule has 7 nitrogen and oxygen atoms in total. The topological polar surface area (TPSA) is 119 Å². The van der Waals surface area contributed by atoms with Crippen LogP contribution >= 0.6 is 0 Å². The predicted octanol–water partition coefficient (Wildman–Crippen LogP) is 0.301. The maximum Gasteiger partial charge on any atom is 0.314 e. The quantitative estimate of drug-likeness (QED) is 0.503. The molecule has 0 fully saturated rings. The molecule has 1 aromatic carbocycles. The van der Waals surface area contributed by atoms with Crippen molar-refractivity contribution in [1.82, 2.24) is 0 Å². The van der Waals surface area contributed by atoms with E-state index in [4.69, 9.17) is 15.6 Å². The summed E-state index contributed by atoms with van der Waals surface area (Å²) in [6.07, 6.45) is 0. The second-order valence-electron chi connectivity index (χ2n) is 3.14. The molecule has 1 rings (SSSR count). The van der Waals surface area contributed by atoms with Gasteiger partial charge in [-0.15, -0.1) is 0 Å². The van der Waals surface area contributed by atoms with E-state index in [1.54, 1.807) is 0 Å². The van der Waals surface area contributed by atoms with Crippen LogP contribution in [0, 0.1) is 10.1 Å². The molecule has 0 unspecified atom stereocenters. The Morgan fingerprint density at radius 1 is 1.62 bits per heavy atom. The molecule has 0 saturated heterocycles. The second kappa shape index (κ2) is 4.77. The van der Waals surface area contributed by atoms with Crippen molar-refractivity contribution in [1.29, 1.82) is 0 Å². The third-order valence-corrected chi connectivity index (χ3v) is 2.12. The molecule has 4 N–H and O–H groups in total. The van der Waals surface area contributed by atoms with Crippen molar-refractivity contribution in [2.24, 2.45) is 5.73 Å². The predicted molar refractivity (Wildman–Crippen MR) is 55.3 cm³/mol. The van der Waals surface area contributed by atoms with Gasteiger partial charge in [-0.3, -0.25) is 10.1 Å². The number of nitrogens with zero attached hydrogens (tertiary/aromatic N) is 1. The molecule has 16 heavy (non-hydrogen) atoms. The summed E-state index contributed by atoms with van der Waals surface area (Å²) in [4.78, 5) is 9.90. The van der Waals surface area contributed by atoms with Gasteiger partial charge in [0.25, 0.3) is 0 Å². The number of nitro groups is 1. The summed E-state index contributed by atoms with van der Waals surface area (Å²) in [6.45, 7) is -0.356. The molecule has 0 aromatic heterocycles. The Balaban J connectivity index is 3.34. The van der Waals surface area contributed by atoms with Crippen molar-refractivity contribution in [3.63, 3.8) is 0 Å². The van der Waals surface area contributed by atoms with E-state index in [0.29, 0.717) is 5.56 Å². The largest absolute Gasteiger partial charge is 0.500 e. The zero-order valence-corrected chi connectivity index (χ0v) is 8.58. The fraction of sp³-hybridized carbons (Fsp3) is 0.333. The first-order valence-corrected chi connectivity index (χ1v) is 4.43. The van der Waals surface area contributed by atoms with E-state index >= 15 is 0 Å². The zero-order chi connectivity index (χ0) is 12.3. The molecule has 1 aromatic rings. The van der Waals surface area contributed by atoms with Gasteiger partial charge in [0.2, 0.25) is 5.75 Å². The van der Waals surface area contributed by atoms with E-state index in [1.165, 1.54) is 13.2 Å². The second-order valence-corrected chi connectivity index (χ2v) is 3.14. The molecular weight excluding hydrogens is 216 g/mol. The number of phenols is 1. The highest BCUT2D eigenvalue weighted by atomic mass is 16.6. The Bertz CT molecular complexity index is 407. The van der Waals surface area contributed by atoms with Crippen molar-refractivity contribution in [2.75, 3.05) is 13.7 Å². The van der Waals surface area contributed by atoms with E-state index in [0.717, 1.165) is 6.07 Å². The smallest absolute Gasteiger partial charge is 0.314 e. The minimum Gasteiger partial charge on any atom is -0.500 e. The Hall–Kier alpha value is -1.86.